The fourth-order valence-corrected chi connectivity index (χ4v) is 1.52. The van der Waals surface area contributed by atoms with Gasteiger partial charge in [-0.2, -0.15) is 11.8 Å². The highest BCUT2D eigenvalue weighted by atomic mass is 32.2. The normalized spacial score (nSPS) is 12.3. The number of esters is 1. The Balaban J connectivity index is 4.28. The van der Waals surface area contributed by atoms with Crippen molar-refractivity contribution in [2.75, 3.05) is 18.6 Å². The van der Waals surface area contributed by atoms with Gasteiger partial charge < -0.3 is 15.8 Å². The smallest absolute Gasteiger partial charge is 0.328 e. The van der Waals surface area contributed by atoms with E-state index >= 15 is 0 Å². The number of carbonyl (C=O) groups excluding carboxylic acids is 2. The molecule has 6 heteroatoms. The highest BCUT2D eigenvalue weighted by molar-refractivity contribution is 7.98. The quantitative estimate of drug-likeness (QED) is 0.626. The molecule has 0 fully saturated rings. The summed E-state index contributed by atoms with van der Waals surface area (Å²) in [5.41, 5.74) is 5.18. The highest BCUT2D eigenvalue weighted by Crippen LogP contribution is 2.04. The van der Waals surface area contributed by atoms with Crippen LogP contribution < -0.4 is 11.1 Å². The molecule has 0 bridgehead atoms. The fraction of sp³-hybridized carbons (Fsp3) is 0.800. The number of hydrogen-bond acceptors (Lipinski definition) is 5. The minimum absolute atomic E-state index is 0.120. The third kappa shape index (κ3) is 6.68. The van der Waals surface area contributed by atoms with E-state index in [2.05, 4.69) is 5.32 Å². The number of hydrogen-bond donors (Lipinski definition) is 2. The van der Waals surface area contributed by atoms with Gasteiger partial charge in [-0.1, -0.05) is 0 Å². The zero-order valence-corrected chi connectivity index (χ0v) is 10.8. The number of nitrogens with two attached hydrogens (primary N) is 1. The second-order valence-corrected chi connectivity index (χ2v) is 4.58. The number of ether oxygens (including phenoxy) is 1. The van der Waals surface area contributed by atoms with Gasteiger partial charge in [0.2, 0.25) is 5.91 Å². The average molecular weight is 248 g/mol. The Morgan fingerprint density at radius 1 is 1.44 bits per heavy atom. The maximum atomic E-state index is 11.6. The van der Waals surface area contributed by atoms with Gasteiger partial charge in [-0.05, 0) is 32.3 Å². The molecule has 5 nitrogen and oxygen atoms in total. The highest BCUT2D eigenvalue weighted by Gasteiger charge is 2.21. The molecule has 0 aliphatic rings. The molecule has 0 aliphatic heterocycles. The number of thioether (sulfide) groups is 1. The van der Waals surface area contributed by atoms with E-state index in [1.54, 1.807) is 25.6 Å². The molecule has 0 spiro atoms. The van der Waals surface area contributed by atoms with Gasteiger partial charge in [0.1, 0.15) is 6.04 Å². The van der Waals surface area contributed by atoms with Crippen molar-refractivity contribution in [1.29, 1.82) is 0 Å². The summed E-state index contributed by atoms with van der Waals surface area (Å²) in [6.45, 7) is 3.42. The molecule has 0 aliphatic carbocycles. The molecule has 0 rings (SSSR count). The van der Waals surface area contributed by atoms with Crippen LogP contribution in [-0.2, 0) is 14.3 Å². The molecule has 0 saturated heterocycles. The monoisotopic (exact) mass is 248 g/mol. The van der Waals surface area contributed by atoms with E-state index in [1.165, 1.54) is 0 Å². The van der Waals surface area contributed by atoms with Gasteiger partial charge in [0.25, 0.3) is 0 Å². The summed E-state index contributed by atoms with van der Waals surface area (Å²) in [5.74, 6) is 0.0422. The molecular formula is C10H20N2O3S. The van der Waals surface area contributed by atoms with E-state index in [4.69, 9.17) is 10.5 Å². The summed E-state index contributed by atoms with van der Waals surface area (Å²) < 4.78 is 5.05. The van der Waals surface area contributed by atoms with Crippen LogP contribution in [0.5, 0.6) is 0 Å². The molecule has 0 heterocycles. The van der Waals surface area contributed by atoms with E-state index in [0.717, 1.165) is 5.75 Å². The number of rotatable bonds is 7. The minimum Gasteiger partial charge on any atom is -0.461 e. The molecule has 94 valence electrons. The van der Waals surface area contributed by atoms with Crippen molar-refractivity contribution in [1.82, 2.24) is 5.32 Å². The third-order valence-corrected chi connectivity index (χ3v) is 2.41. The summed E-state index contributed by atoms with van der Waals surface area (Å²) in [5, 5.41) is 2.55. The average Bonchev–Trinajstić information content (AvgIpc) is 2.22. The first-order valence-electron chi connectivity index (χ1n) is 5.20. The minimum atomic E-state index is -0.592. The van der Waals surface area contributed by atoms with Crippen molar-refractivity contribution < 1.29 is 14.3 Å². The lowest BCUT2D eigenvalue weighted by Crippen LogP contribution is -2.45. The van der Waals surface area contributed by atoms with E-state index in [1.807, 2.05) is 6.26 Å². The summed E-state index contributed by atoms with van der Waals surface area (Å²) in [7, 11) is 0. The zero-order chi connectivity index (χ0) is 12.6. The fourth-order valence-electron chi connectivity index (χ4n) is 1.05. The van der Waals surface area contributed by atoms with Crippen LogP contribution in [0.15, 0.2) is 0 Å². The SMILES string of the molecule is CSCC[C@H](NC(=O)CN)C(=O)OC(C)C. The molecule has 0 aromatic carbocycles. The zero-order valence-electron chi connectivity index (χ0n) is 9.99. The largest absolute Gasteiger partial charge is 0.461 e. The van der Waals surface area contributed by atoms with Crippen LogP contribution in [0.3, 0.4) is 0 Å². The summed E-state index contributed by atoms with van der Waals surface area (Å²) >= 11 is 1.61. The number of amides is 1. The van der Waals surface area contributed by atoms with E-state index < -0.39 is 12.0 Å². The van der Waals surface area contributed by atoms with E-state index in [-0.39, 0.29) is 18.6 Å². The van der Waals surface area contributed by atoms with Crippen LogP contribution in [0.25, 0.3) is 0 Å². The lowest BCUT2D eigenvalue weighted by atomic mass is 10.2. The Kier molecular flexibility index (Phi) is 8.01. The standard InChI is InChI=1S/C10H20N2O3S/c1-7(2)15-10(14)8(4-5-16-3)12-9(13)6-11/h7-8H,4-6,11H2,1-3H3,(H,12,13)/t8-/m0/s1. The molecule has 16 heavy (non-hydrogen) atoms. The van der Waals surface area contributed by atoms with Crippen LogP contribution in [0, 0.1) is 0 Å². The van der Waals surface area contributed by atoms with Crippen LogP contribution in [0.2, 0.25) is 0 Å². The summed E-state index contributed by atoms with van der Waals surface area (Å²) in [6.07, 6.45) is 2.31. The van der Waals surface area contributed by atoms with Gasteiger partial charge >= 0.3 is 5.97 Å². The van der Waals surface area contributed by atoms with Crippen molar-refractivity contribution in [3.63, 3.8) is 0 Å². The predicted octanol–water partition coefficient (Wildman–Crippen LogP) is 0.135. The molecule has 1 amide bonds. The van der Waals surface area contributed by atoms with Crippen molar-refractivity contribution in [3.05, 3.63) is 0 Å². The van der Waals surface area contributed by atoms with Crippen molar-refractivity contribution in [3.8, 4) is 0 Å². The van der Waals surface area contributed by atoms with Gasteiger partial charge in [-0.3, -0.25) is 4.79 Å². The Labute approximate surface area is 100 Å². The second kappa shape index (κ2) is 8.41. The molecule has 1 atom stereocenters. The first-order chi connectivity index (χ1) is 7.51. The van der Waals surface area contributed by atoms with Crippen LogP contribution in [0.4, 0.5) is 0 Å². The molecule has 0 saturated carbocycles. The Bertz CT molecular complexity index is 234. The number of carbonyl (C=O) groups is 2. The molecule has 0 aromatic heterocycles. The molecule has 0 unspecified atom stereocenters. The van der Waals surface area contributed by atoms with Crippen molar-refractivity contribution in [2.24, 2.45) is 5.73 Å². The van der Waals surface area contributed by atoms with Crippen LogP contribution >= 0.6 is 11.8 Å². The number of nitrogens with one attached hydrogen (secondary N) is 1. The van der Waals surface area contributed by atoms with Gasteiger partial charge in [-0.25, -0.2) is 4.79 Å². The second-order valence-electron chi connectivity index (χ2n) is 3.59. The van der Waals surface area contributed by atoms with Gasteiger partial charge in [0.15, 0.2) is 0 Å². The first-order valence-corrected chi connectivity index (χ1v) is 6.59. The van der Waals surface area contributed by atoms with Gasteiger partial charge in [-0.15, -0.1) is 0 Å². The lowest BCUT2D eigenvalue weighted by molar-refractivity contribution is -0.151. The summed E-state index contributed by atoms with van der Waals surface area (Å²) in [6, 6.07) is -0.592. The van der Waals surface area contributed by atoms with E-state index in [9.17, 15) is 9.59 Å². The van der Waals surface area contributed by atoms with Crippen molar-refractivity contribution in [2.45, 2.75) is 32.4 Å². The lowest BCUT2D eigenvalue weighted by Gasteiger charge is -2.18. The maximum Gasteiger partial charge on any atom is 0.328 e. The summed E-state index contributed by atoms with van der Waals surface area (Å²) in [4.78, 5) is 22.7. The molecule has 0 radical (unpaired) electrons. The molecular weight excluding hydrogens is 228 g/mol. The Morgan fingerprint density at radius 2 is 2.06 bits per heavy atom. The van der Waals surface area contributed by atoms with Gasteiger partial charge in [0, 0.05) is 0 Å². The van der Waals surface area contributed by atoms with E-state index in [0.29, 0.717) is 6.42 Å². The Morgan fingerprint density at radius 3 is 2.50 bits per heavy atom. The topological polar surface area (TPSA) is 81.4 Å². The molecule has 0 aromatic rings. The van der Waals surface area contributed by atoms with Gasteiger partial charge in [0.05, 0.1) is 12.6 Å². The van der Waals surface area contributed by atoms with Crippen molar-refractivity contribution >= 4 is 23.6 Å². The third-order valence-electron chi connectivity index (χ3n) is 1.77. The predicted molar refractivity (Wildman–Crippen MR) is 65.2 cm³/mol. The van der Waals surface area contributed by atoms with Crippen LogP contribution in [0.1, 0.15) is 20.3 Å². The maximum absolute atomic E-state index is 11.6. The first kappa shape index (κ1) is 15.2. The Hall–Kier alpha value is -0.750. The van der Waals surface area contributed by atoms with Crippen LogP contribution in [-0.4, -0.2) is 42.6 Å². The molecule has 3 N–H and O–H groups in total.